The molecule has 106 valence electrons. The summed E-state index contributed by atoms with van der Waals surface area (Å²) in [6.07, 6.45) is 3.39. The largest absolute Gasteiger partial charge is 0.491 e. The molecule has 1 aromatic rings. The normalized spacial score (nSPS) is 19.1. The topological polar surface area (TPSA) is 56.5 Å². The average Bonchev–Trinajstić information content (AvgIpc) is 2.46. The highest BCUT2D eigenvalue weighted by Gasteiger charge is 2.13. The molecule has 0 aromatic heterocycles. The Hall–Kier alpha value is -1.42. The molecule has 1 aliphatic heterocycles. The van der Waals surface area contributed by atoms with Crippen molar-refractivity contribution in [1.29, 1.82) is 0 Å². The fraction of sp³-hybridized carbons (Fsp3) is 0.600. The fourth-order valence-electron chi connectivity index (χ4n) is 2.21. The number of ether oxygens (including phenoxy) is 2. The van der Waals surface area contributed by atoms with Crippen molar-refractivity contribution in [2.75, 3.05) is 37.4 Å². The first-order chi connectivity index (χ1) is 9.29. The van der Waals surface area contributed by atoms with E-state index < -0.39 is 0 Å². The number of nitrogens with one attached hydrogen (secondary N) is 1. The van der Waals surface area contributed by atoms with Gasteiger partial charge in [0.1, 0.15) is 5.75 Å². The number of rotatable bonds is 6. The van der Waals surface area contributed by atoms with E-state index in [1.165, 1.54) is 12.8 Å². The van der Waals surface area contributed by atoms with Crippen LogP contribution in [0.3, 0.4) is 0 Å². The van der Waals surface area contributed by atoms with E-state index in [4.69, 9.17) is 15.2 Å². The molecule has 2 rings (SSSR count). The summed E-state index contributed by atoms with van der Waals surface area (Å²) in [7, 11) is 0. The van der Waals surface area contributed by atoms with Gasteiger partial charge in [0.05, 0.1) is 18.9 Å². The second kappa shape index (κ2) is 7.24. The summed E-state index contributed by atoms with van der Waals surface area (Å²) in [5.74, 6) is 1.37. The van der Waals surface area contributed by atoms with Crippen molar-refractivity contribution in [2.24, 2.45) is 5.92 Å². The van der Waals surface area contributed by atoms with E-state index in [2.05, 4.69) is 12.2 Å². The molecule has 1 fully saturated rings. The minimum absolute atomic E-state index is 0.603. The van der Waals surface area contributed by atoms with Crippen LogP contribution in [0.4, 0.5) is 11.4 Å². The highest BCUT2D eigenvalue weighted by molar-refractivity contribution is 5.61. The Morgan fingerprint density at radius 1 is 1.47 bits per heavy atom. The van der Waals surface area contributed by atoms with Gasteiger partial charge in [-0.15, -0.1) is 0 Å². The summed E-state index contributed by atoms with van der Waals surface area (Å²) >= 11 is 0. The molecule has 4 nitrogen and oxygen atoms in total. The van der Waals surface area contributed by atoms with Crippen LogP contribution >= 0.6 is 0 Å². The first kappa shape index (κ1) is 14.0. The number of hydrogen-bond donors (Lipinski definition) is 2. The van der Waals surface area contributed by atoms with E-state index in [0.717, 1.165) is 37.6 Å². The van der Waals surface area contributed by atoms with Gasteiger partial charge < -0.3 is 20.5 Å². The Balaban J connectivity index is 1.88. The van der Waals surface area contributed by atoms with Crippen LogP contribution in [0, 0.1) is 5.92 Å². The third kappa shape index (κ3) is 4.31. The third-order valence-corrected chi connectivity index (χ3v) is 3.32. The summed E-state index contributed by atoms with van der Waals surface area (Å²) < 4.78 is 11.1. The monoisotopic (exact) mass is 264 g/mol. The molecule has 0 radical (unpaired) electrons. The van der Waals surface area contributed by atoms with Crippen molar-refractivity contribution in [3.63, 3.8) is 0 Å². The second-order valence-corrected chi connectivity index (χ2v) is 5.07. The maximum absolute atomic E-state index is 5.90. The quantitative estimate of drug-likeness (QED) is 0.776. The molecule has 0 aliphatic carbocycles. The van der Waals surface area contributed by atoms with Gasteiger partial charge in [-0.2, -0.15) is 0 Å². The molecule has 1 saturated heterocycles. The molecular weight excluding hydrogens is 240 g/mol. The minimum Gasteiger partial charge on any atom is -0.491 e. The number of anilines is 2. The average molecular weight is 264 g/mol. The lowest BCUT2D eigenvalue weighted by molar-refractivity contribution is 0.0595. The third-order valence-electron chi connectivity index (χ3n) is 3.32. The van der Waals surface area contributed by atoms with Gasteiger partial charge in [0, 0.05) is 24.9 Å². The van der Waals surface area contributed by atoms with Crippen LogP contribution in [0.2, 0.25) is 0 Å². The number of hydrogen-bond acceptors (Lipinski definition) is 4. The molecule has 0 amide bonds. The zero-order valence-electron chi connectivity index (χ0n) is 11.7. The molecule has 4 heteroatoms. The van der Waals surface area contributed by atoms with Gasteiger partial charge in [-0.3, -0.25) is 0 Å². The van der Waals surface area contributed by atoms with Gasteiger partial charge in [-0.05, 0) is 37.3 Å². The molecule has 3 N–H and O–H groups in total. The molecule has 19 heavy (non-hydrogen) atoms. The first-order valence-electron chi connectivity index (χ1n) is 7.13. The van der Waals surface area contributed by atoms with Crippen LogP contribution in [-0.2, 0) is 4.74 Å². The molecular formula is C15H24N2O2. The van der Waals surface area contributed by atoms with Gasteiger partial charge in [0.2, 0.25) is 0 Å². The smallest absolute Gasteiger partial charge is 0.144 e. The predicted molar refractivity (Wildman–Crippen MR) is 78.7 cm³/mol. The van der Waals surface area contributed by atoms with Crippen molar-refractivity contribution >= 4 is 11.4 Å². The van der Waals surface area contributed by atoms with Gasteiger partial charge in [0.15, 0.2) is 0 Å². The van der Waals surface area contributed by atoms with E-state index in [0.29, 0.717) is 18.2 Å². The van der Waals surface area contributed by atoms with E-state index >= 15 is 0 Å². The summed E-state index contributed by atoms with van der Waals surface area (Å²) in [6.45, 7) is 5.50. The molecule has 0 saturated carbocycles. The second-order valence-electron chi connectivity index (χ2n) is 5.07. The molecule has 1 aromatic carbocycles. The summed E-state index contributed by atoms with van der Waals surface area (Å²) in [5.41, 5.74) is 7.65. The molecule has 1 heterocycles. The Bertz CT molecular complexity index is 390. The number of nitrogens with two attached hydrogens (primary N) is 1. The van der Waals surface area contributed by atoms with Crippen molar-refractivity contribution in [1.82, 2.24) is 0 Å². The molecule has 0 bridgehead atoms. The van der Waals surface area contributed by atoms with Gasteiger partial charge in [-0.1, -0.05) is 6.92 Å². The fourth-order valence-corrected chi connectivity index (χ4v) is 2.21. The molecule has 1 atom stereocenters. The van der Waals surface area contributed by atoms with Crippen molar-refractivity contribution < 1.29 is 9.47 Å². The Labute approximate surface area is 115 Å². The van der Waals surface area contributed by atoms with Crippen LogP contribution in [0.5, 0.6) is 5.75 Å². The minimum atomic E-state index is 0.603. The lowest BCUT2D eigenvalue weighted by Crippen LogP contribution is -2.24. The van der Waals surface area contributed by atoms with Crippen LogP contribution in [0.1, 0.15) is 26.2 Å². The van der Waals surface area contributed by atoms with E-state index in [1.807, 2.05) is 18.2 Å². The van der Waals surface area contributed by atoms with Crippen LogP contribution in [0.25, 0.3) is 0 Å². The highest BCUT2D eigenvalue weighted by atomic mass is 16.5. The first-order valence-corrected chi connectivity index (χ1v) is 7.13. The van der Waals surface area contributed by atoms with Gasteiger partial charge >= 0.3 is 0 Å². The van der Waals surface area contributed by atoms with Crippen molar-refractivity contribution in [2.45, 2.75) is 26.2 Å². The van der Waals surface area contributed by atoms with Crippen LogP contribution in [-0.4, -0.2) is 26.4 Å². The number of nitrogen functional groups attached to an aromatic ring is 1. The maximum atomic E-state index is 5.90. The Morgan fingerprint density at radius 3 is 3.11 bits per heavy atom. The van der Waals surface area contributed by atoms with Gasteiger partial charge in [0.25, 0.3) is 0 Å². The summed E-state index contributed by atoms with van der Waals surface area (Å²) in [5, 5.41) is 3.44. The predicted octanol–water partition coefficient (Wildman–Crippen LogP) is 2.90. The van der Waals surface area contributed by atoms with Gasteiger partial charge in [-0.25, -0.2) is 0 Å². The van der Waals surface area contributed by atoms with Crippen molar-refractivity contribution in [3.8, 4) is 5.75 Å². The standard InChI is InChI=1S/C15H24N2O2/c1-2-7-19-15-9-13(5-6-14(15)16)17-10-12-4-3-8-18-11-12/h5-6,9,12,17H,2-4,7-8,10-11,16H2,1H3. The molecule has 1 unspecified atom stereocenters. The summed E-state index contributed by atoms with van der Waals surface area (Å²) in [4.78, 5) is 0. The highest BCUT2D eigenvalue weighted by Crippen LogP contribution is 2.26. The number of benzene rings is 1. The lowest BCUT2D eigenvalue weighted by Gasteiger charge is -2.23. The lowest BCUT2D eigenvalue weighted by atomic mass is 10.0. The molecule has 0 spiro atoms. The Morgan fingerprint density at radius 2 is 2.37 bits per heavy atom. The van der Waals surface area contributed by atoms with E-state index in [1.54, 1.807) is 0 Å². The van der Waals surface area contributed by atoms with Crippen molar-refractivity contribution in [3.05, 3.63) is 18.2 Å². The maximum Gasteiger partial charge on any atom is 0.144 e. The van der Waals surface area contributed by atoms with Crippen LogP contribution in [0.15, 0.2) is 18.2 Å². The molecule has 1 aliphatic rings. The van der Waals surface area contributed by atoms with E-state index in [-0.39, 0.29) is 0 Å². The zero-order chi connectivity index (χ0) is 13.5. The van der Waals surface area contributed by atoms with E-state index in [9.17, 15) is 0 Å². The Kier molecular flexibility index (Phi) is 5.33. The zero-order valence-corrected chi connectivity index (χ0v) is 11.7. The SMILES string of the molecule is CCCOc1cc(NCC2CCCOC2)ccc1N. The van der Waals surface area contributed by atoms with Crippen LogP contribution < -0.4 is 15.8 Å². The summed E-state index contributed by atoms with van der Waals surface area (Å²) in [6, 6.07) is 5.87.